The first-order valence-corrected chi connectivity index (χ1v) is 10.6. The number of carboxylic acid groups (broad SMARTS) is 2. The summed E-state index contributed by atoms with van der Waals surface area (Å²) in [6, 6.07) is 14.4. The van der Waals surface area contributed by atoms with Crippen LogP contribution in [0.4, 0.5) is 5.69 Å². The first-order chi connectivity index (χ1) is 16.3. The molecule has 2 saturated heterocycles. The molecule has 0 saturated carbocycles. The van der Waals surface area contributed by atoms with Gasteiger partial charge in [0.1, 0.15) is 11.8 Å². The third-order valence-electron chi connectivity index (χ3n) is 6.55. The van der Waals surface area contributed by atoms with Crippen LogP contribution in [0.5, 0.6) is 5.75 Å². The Kier molecular flexibility index (Phi) is 5.06. The maximum absolute atomic E-state index is 13.7. The molecule has 2 aliphatic rings. The Hall–Kier alpha value is -4.24. The number of anilines is 1. The lowest BCUT2D eigenvalue weighted by Gasteiger charge is -2.24. The Bertz CT molecular complexity index is 1370. The summed E-state index contributed by atoms with van der Waals surface area (Å²) in [5, 5.41) is 23.9. The summed E-state index contributed by atoms with van der Waals surface area (Å²) in [4.78, 5) is 51.5. The molecule has 0 bridgehead atoms. The second-order valence-corrected chi connectivity index (χ2v) is 8.28. The van der Waals surface area contributed by atoms with Gasteiger partial charge in [-0.2, -0.15) is 0 Å². The molecule has 2 amide bonds. The first kappa shape index (κ1) is 21.6. The highest BCUT2D eigenvalue weighted by molar-refractivity contribution is 6.24. The van der Waals surface area contributed by atoms with Crippen LogP contribution in [0.3, 0.4) is 0 Å². The predicted octanol–water partition coefficient (Wildman–Crippen LogP) is 2.45. The van der Waals surface area contributed by atoms with Gasteiger partial charge in [-0.05, 0) is 35.0 Å². The van der Waals surface area contributed by atoms with E-state index in [4.69, 9.17) is 4.74 Å². The zero-order valence-electron chi connectivity index (χ0n) is 18.0. The van der Waals surface area contributed by atoms with Crippen LogP contribution < -0.4 is 15.0 Å². The van der Waals surface area contributed by atoms with Crippen LogP contribution in [0.15, 0.2) is 60.7 Å². The van der Waals surface area contributed by atoms with Crippen LogP contribution >= 0.6 is 0 Å². The molecule has 2 heterocycles. The van der Waals surface area contributed by atoms with Crippen molar-refractivity contribution in [2.45, 2.75) is 12.1 Å². The predicted molar refractivity (Wildman–Crippen MR) is 121 cm³/mol. The van der Waals surface area contributed by atoms with Crippen LogP contribution in [-0.2, 0) is 14.4 Å². The number of hydrogen-bond acceptors (Lipinski definition) is 6. The molecule has 34 heavy (non-hydrogen) atoms. The molecule has 2 fully saturated rings. The number of aromatic carboxylic acids is 1. The van der Waals surface area contributed by atoms with Gasteiger partial charge in [-0.1, -0.05) is 36.4 Å². The van der Waals surface area contributed by atoms with Gasteiger partial charge >= 0.3 is 11.9 Å². The summed E-state index contributed by atoms with van der Waals surface area (Å²) in [6.07, 6.45) is 0. The molecule has 3 N–H and O–H groups in total. The quantitative estimate of drug-likeness (QED) is 0.495. The van der Waals surface area contributed by atoms with E-state index in [2.05, 4.69) is 5.32 Å². The molecule has 9 heteroatoms. The molecule has 172 valence electrons. The van der Waals surface area contributed by atoms with Crippen molar-refractivity contribution in [3.8, 4) is 5.75 Å². The number of fused-ring (bicyclic) bond motifs is 2. The van der Waals surface area contributed by atoms with Crippen molar-refractivity contribution in [2.24, 2.45) is 11.8 Å². The number of nitrogens with one attached hydrogen (secondary N) is 1. The molecule has 3 aromatic carbocycles. The standard InChI is InChI=1S/C25H20N2O7/c1-34-16-10-9-12-5-2-3-8-15(12)17(16)20-18-19(21(26-20)25(32)33)23(29)27(22(18)28)14-7-4-6-13(11-14)24(30)31/h2-11,18-21,26H,1H3,(H,30,31)(H,32,33)/t18-,19-,20-,21-/m0/s1. The largest absolute Gasteiger partial charge is 0.496 e. The number of amides is 2. The molecule has 4 atom stereocenters. The highest BCUT2D eigenvalue weighted by Crippen LogP contribution is 2.49. The summed E-state index contributed by atoms with van der Waals surface area (Å²) in [5.74, 6) is -5.43. The number of carbonyl (C=O) groups is 4. The van der Waals surface area contributed by atoms with Crippen molar-refractivity contribution >= 4 is 40.2 Å². The summed E-state index contributed by atoms with van der Waals surface area (Å²) in [5.41, 5.74) is 0.606. The van der Waals surface area contributed by atoms with Crippen molar-refractivity contribution in [3.05, 3.63) is 71.8 Å². The lowest BCUT2D eigenvalue weighted by molar-refractivity contribution is -0.142. The number of carboxylic acids is 2. The number of rotatable bonds is 5. The van der Waals surface area contributed by atoms with Gasteiger partial charge < -0.3 is 14.9 Å². The van der Waals surface area contributed by atoms with Gasteiger partial charge in [0.2, 0.25) is 11.8 Å². The Balaban J connectivity index is 1.67. The molecule has 0 spiro atoms. The van der Waals surface area contributed by atoms with Crippen molar-refractivity contribution in [1.29, 1.82) is 0 Å². The van der Waals surface area contributed by atoms with Gasteiger partial charge in [0.25, 0.3) is 0 Å². The van der Waals surface area contributed by atoms with E-state index >= 15 is 0 Å². The first-order valence-electron chi connectivity index (χ1n) is 10.6. The molecular weight excluding hydrogens is 440 g/mol. The topological polar surface area (TPSA) is 133 Å². The molecule has 3 aromatic rings. The van der Waals surface area contributed by atoms with E-state index in [1.54, 1.807) is 6.07 Å². The van der Waals surface area contributed by atoms with Crippen LogP contribution in [0, 0.1) is 11.8 Å². The second-order valence-electron chi connectivity index (χ2n) is 8.28. The average molecular weight is 460 g/mol. The molecule has 0 radical (unpaired) electrons. The van der Waals surface area contributed by atoms with Gasteiger partial charge in [-0.15, -0.1) is 0 Å². The SMILES string of the molecule is COc1ccc2ccccc2c1[C@@H]1N[C@H](C(=O)O)[C@H]2C(=O)N(c3cccc(C(=O)O)c3)C(=O)[C@@H]21. The smallest absolute Gasteiger partial charge is 0.335 e. The fraction of sp³-hybridized carbons (Fsp3) is 0.200. The van der Waals surface area contributed by atoms with E-state index in [0.29, 0.717) is 11.3 Å². The Morgan fingerprint density at radius 2 is 1.68 bits per heavy atom. The summed E-state index contributed by atoms with van der Waals surface area (Å²) in [6.45, 7) is 0. The molecule has 0 aromatic heterocycles. The van der Waals surface area contributed by atoms with Crippen molar-refractivity contribution in [1.82, 2.24) is 5.32 Å². The van der Waals surface area contributed by atoms with Crippen LogP contribution in [0.2, 0.25) is 0 Å². The van der Waals surface area contributed by atoms with E-state index < -0.39 is 47.7 Å². The molecule has 0 unspecified atom stereocenters. The van der Waals surface area contributed by atoms with E-state index in [9.17, 15) is 29.4 Å². The fourth-order valence-corrected chi connectivity index (χ4v) is 5.11. The molecule has 0 aliphatic carbocycles. The zero-order valence-corrected chi connectivity index (χ0v) is 18.0. The number of aliphatic carboxylic acids is 1. The van der Waals surface area contributed by atoms with Crippen molar-refractivity contribution < 1.29 is 34.1 Å². The molecule has 5 rings (SSSR count). The van der Waals surface area contributed by atoms with E-state index in [0.717, 1.165) is 15.7 Å². The zero-order chi connectivity index (χ0) is 24.1. The van der Waals surface area contributed by atoms with E-state index in [1.807, 2.05) is 30.3 Å². The van der Waals surface area contributed by atoms with Crippen molar-refractivity contribution in [2.75, 3.05) is 12.0 Å². The third-order valence-corrected chi connectivity index (χ3v) is 6.55. The van der Waals surface area contributed by atoms with Gasteiger partial charge in [0.15, 0.2) is 0 Å². The Morgan fingerprint density at radius 1 is 0.941 bits per heavy atom. The van der Waals surface area contributed by atoms with E-state index in [1.165, 1.54) is 31.4 Å². The monoisotopic (exact) mass is 460 g/mol. The van der Waals surface area contributed by atoms with Crippen LogP contribution in [0.25, 0.3) is 10.8 Å². The van der Waals surface area contributed by atoms with Gasteiger partial charge in [0, 0.05) is 11.6 Å². The second kappa shape index (κ2) is 7.96. The highest BCUT2D eigenvalue weighted by atomic mass is 16.5. The summed E-state index contributed by atoms with van der Waals surface area (Å²) >= 11 is 0. The minimum absolute atomic E-state index is 0.0876. The number of ether oxygens (including phenoxy) is 1. The average Bonchev–Trinajstić information content (AvgIpc) is 3.35. The number of benzene rings is 3. The number of carbonyl (C=O) groups excluding carboxylic acids is 2. The Morgan fingerprint density at radius 3 is 2.38 bits per heavy atom. The van der Waals surface area contributed by atoms with E-state index in [-0.39, 0.29) is 11.3 Å². The van der Waals surface area contributed by atoms with Crippen molar-refractivity contribution in [3.63, 3.8) is 0 Å². The lowest BCUT2D eigenvalue weighted by atomic mass is 9.84. The third kappa shape index (κ3) is 3.12. The number of methoxy groups -OCH3 is 1. The normalized spacial score (nSPS) is 23.9. The molecular formula is C25H20N2O7. The number of imide groups is 1. The summed E-state index contributed by atoms with van der Waals surface area (Å²) < 4.78 is 5.56. The number of nitrogens with zero attached hydrogens (tertiary/aromatic N) is 1. The van der Waals surface area contributed by atoms with Gasteiger partial charge in [0.05, 0.1) is 30.2 Å². The van der Waals surface area contributed by atoms with Crippen LogP contribution in [0.1, 0.15) is 22.0 Å². The van der Waals surface area contributed by atoms with Gasteiger partial charge in [-0.25, -0.2) is 9.69 Å². The lowest BCUT2D eigenvalue weighted by Crippen LogP contribution is -2.43. The van der Waals surface area contributed by atoms with Crippen LogP contribution in [-0.4, -0.2) is 47.1 Å². The molecule has 9 nitrogen and oxygen atoms in total. The minimum Gasteiger partial charge on any atom is -0.496 e. The molecule has 2 aliphatic heterocycles. The van der Waals surface area contributed by atoms with Gasteiger partial charge in [-0.3, -0.25) is 19.7 Å². The number of hydrogen-bond donors (Lipinski definition) is 3. The fourth-order valence-electron chi connectivity index (χ4n) is 5.11. The maximum atomic E-state index is 13.7. The highest BCUT2D eigenvalue weighted by Gasteiger charge is 2.62. The minimum atomic E-state index is -1.30. The summed E-state index contributed by atoms with van der Waals surface area (Å²) in [7, 11) is 1.49. The Labute approximate surface area is 193 Å². The maximum Gasteiger partial charge on any atom is 0.335 e.